The number of rotatable bonds is 6. The molecule has 0 saturated carbocycles. The predicted molar refractivity (Wildman–Crippen MR) is 112 cm³/mol. The SMILES string of the molecule is Cc1oc(-c2ccccc2)nc1COC(=O)c1cccc(S(=O)(=O)N2CCOCC2)c1. The first-order chi connectivity index (χ1) is 14.9. The number of sulfonamides is 1. The average Bonchev–Trinajstić information content (AvgIpc) is 3.19. The number of benzene rings is 2. The third-order valence-electron chi connectivity index (χ3n) is 4.93. The fraction of sp³-hybridized carbons (Fsp3) is 0.273. The molecule has 9 heteroatoms. The molecule has 1 aliphatic rings. The maximum Gasteiger partial charge on any atom is 0.338 e. The summed E-state index contributed by atoms with van der Waals surface area (Å²) < 4.78 is 43.2. The van der Waals surface area contributed by atoms with Crippen LogP contribution in [-0.4, -0.2) is 50.0 Å². The van der Waals surface area contributed by atoms with Gasteiger partial charge in [0.15, 0.2) is 0 Å². The number of aryl methyl sites for hydroxylation is 1. The molecule has 4 rings (SSSR count). The highest BCUT2D eigenvalue weighted by molar-refractivity contribution is 7.89. The Balaban J connectivity index is 1.46. The third kappa shape index (κ3) is 4.68. The van der Waals surface area contributed by atoms with Gasteiger partial charge < -0.3 is 13.9 Å². The summed E-state index contributed by atoms with van der Waals surface area (Å²) >= 11 is 0. The minimum Gasteiger partial charge on any atom is -0.455 e. The van der Waals surface area contributed by atoms with Crippen LogP contribution in [-0.2, 0) is 26.1 Å². The zero-order valence-corrected chi connectivity index (χ0v) is 17.8. The molecule has 1 saturated heterocycles. The van der Waals surface area contributed by atoms with Crippen LogP contribution >= 0.6 is 0 Å². The number of ether oxygens (including phenoxy) is 2. The lowest BCUT2D eigenvalue weighted by Crippen LogP contribution is -2.40. The molecule has 31 heavy (non-hydrogen) atoms. The van der Waals surface area contributed by atoms with Crippen LogP contribution < -0.4 is 0 Å². The van der Waals surface area contributed by atoms with E-state index in [9.17, 15) is 13.2 Å². The second-order valence-corrected chi connectivity index (χ2v) is 8.95. The van der Waals surface area contributed by atoms with Crippen LogP contribution in [0.2, 0.25) is 0 Å². The first-order valence-corrected chi connectivity index (χ1v) is 11.3. The van der Waals surface area contributed by atoms with Gasteiger partial charge in [0.05, 0.1) is 23.7 Å². The molecule has 0 unspecified atom stereocenters. The zero-order chi connectivity index (χ0) is 21.8. The van der Waals surface area contributed by atoms with Gasteiger partial charge in [0.2, 0.25) is 15.9 Å². The van der Waals surface area contributed by atoms with Crippen LogP contribution in [0, 0.1) is 6.92 Å². The summed E-state index contributed by atoms with van der Waals surface area (Å²) in [6.45, 7) is 2.93. The van der Waals surface area contributed by atoms with E-state index in [1.165, 1.54) is 28.6 Å². The Bertz CT molecular complexity index is 1170. The average molecular weight is 442 g/mol. The van der Waals surface area contributed by atoms with E-state index in [1.54, 1.807) is 6.92 Å². The van der Waals surface area contributed by atoms with Crippen molar-refractivity contribution < 1.29 is 27.1 Å². The van der Waals surface area contributed by atoms with Crippen molar-refractivity contribution in [3.05, 3.63) is 71.6 Å². The molecular weight excluding hydrogens is 420 g/mol. The lowest BCUT2D eigenvalue weighted by Gasteiger charge is -2.26. The highest BCUT2D eigenvalue weighted by Crippen LogP contribution is 2.23. The van der Waals surface area contributed by atoms with Crippen molar-refractivity contribution in [2.45, 2.75) is 18.4 Å². The molecule has 1 aliphatic heterocycles. The van der Waals surface area contributed by atoms with Crippen LogP contribution in [0.5, 0.6) is 0 Å². The van der Waals surface area contributed by atoms with E-state index in [2.05, 4.69) is 4.98 Å². The summed E-state index contributed by atoms with van der Waals surface area (Å²) in [6, 6.07) is 15.3. The molecule has 0 spiro atoms. The van der Waals surface area contributed by atoms with Gasteiger partial charge in [0, 0.05) is 18.7 Å². The molecule has 2 heterocycles. The summed E-state index contributed by atoms with van der Waals surface area (Å²) in [7, 11) is -3.70. The first kappa shape index (κ1) is 21.2. The molecular formula is C22H22N2O6S. The van der Waals surface area contributed by atoms with Gasteiger partial charge in [-0.3, -0.25) is 0 Å². The van der Waals surface area contributed by atoms with Crippen molar-refractivity contribution in [1.82, 2.24) is 9.29 Å². The zero-order valence-electron chi connectivity index (χ0n) is 17.0. The molecule has 0 aliphatic carbocycles. The maximum absolute atomic E-state index is 12.8. The van der Waals surface area contributed by atoms with E-state index in [-0.39, 0.29) is 30.2 Å². The van der Waals surface area contributed by atoms with Gasteiger partial charge in [-0.2, -0.15) is 4.31 Å². The Hall–Kier alpha value is -3.01. The molecule has 1 aromatic heterocycles. The molecule has 3 aromatic rings. The van der Waals surface area contributed by atoms with Gasteiger partial charge in [0.1, 0.15) is 18.1 Å². The largest absolute Gasteiger partial charge is 0.455 e. The smallest absolute Gasteiger partial charge is 0.338 e. The third-order valence-corrected chi connectivity index (χ3v) is 6.83. The Morgan fingerprint density at radius 1 is 1.10 bits per heavy atom. The summed E-state index contributed by atoms with van der Waals surface area (Å²) in [5.74, 6) is 0.362. The Kier molecular flexibility index (Phi) is 6.17. The van der Waals surface area contributed by atoms with E-state index < -0.39 is 16.0 Å². The van der Waals surface area contributed by atoms with Crippen molar-refractivity contribution in [1.29, 1.82) is 0 Å². The molecule has 0 bridgehead atoms. The lowest BCUT2D eigenvalue weighted by atomic mass is 10.2. The Labute approximate surface area is 180 Å². The highest BCUT2D eigenvalue weighted by atomic mass is 32.2. The van der Waals surface area contributed by atoms with Crippen molar-refractivity contribution >= 4 is 16.0 Å². The number of morpholine rings is 1. The van der Waals surface area contributed by atoms with Crippen LogP contribution in [0.1, 0.15) is 21.8 Å². The molecule has 162 valence electrons. The molecule has 0 atom stereocenters. The van der Waals surface area contributed by atoms with Gasteiger partial charge in [-0.1, -0.05) is 24.3 Å². The molecule has 1 fully saturated rings. The number of hydrogen-bond donors (Lipinski definition) is 0. The van der Waals surface area contributed by atoms with Crippen molar-refractivity contribution in [2.75, 3.05) is 26.3 Å². The number of aromatic nitrogens is 1. The quantitative estimate of drug-likeness (QED) is 0.541. The second-order valence-electron chi connectivity index (χ2n) is 7.01. The molecule has 0 radical (unpaired) electrons. The number of nitrogens with zero attached hydrogens (tertiary/aromatic N) is 2. The fourth-order valence-electron chi connectivity index (χ4n) is 3.20. The molecule has 0 N–H and O–H groups in total. The van der Waals surface area contributed by atoms with Gasteiger partial charge in [0.25, 0.3) is 0 Å². The van der Waals surface area contributed by atoms with E-state index in [0.29, 0.717) is 30.6 Å². The van der Waals surface area contributed by atoms with Crippen molar-refractivity contribution in [3.63, 3.8) is 0 Å². The van der Waals surface area contributed by atoms with Gasteiger partial charge in [-0.05, 0) is 37.3 Å². The number of oxazole rings is 1. The highest BCUT2D eigenvalue weighted by Gasteiger charge is 2.27. The summed E-state index contributed by atoms with van der Waals surface area (Å²) in [4.78, 5) is 17.0. The van der Waals surface area contributed by atoms with Crippen LogP contribution in [0.3, 0.4) is 0 Å². The molecule has 2 aromatic carbocycles. The van der Waals surface area contributed by atoms with E-state index in [4.69, 9.17) is 13.9 Å². The minimum atomic E-state index is -3.70. The number of hydrogen-bond acceptors (Lipinski definition) is 7. The van der Waals surface area contributed by atoms with Crippen LogP contribution in [0.15, 0.2) is 63.9 Å². The van der Waals surface area contributed by atoms with Crippen LogP contribution in [0.25, 0.3) is 11.5 Å². The fourth-order valence-corrected chi connectivity index (χ4v) is 4.66. The minimum absolute atomic E-state index is 0.0489. The molecule has 0 amide bonds. The summed E-state index contributed by atoms with van der Waals surface area (Å²) in [5, 5.41) is 0. The van der Waals surface area contributed by atoms with Gasteiger partial charge in [-0.25, -0.2) is 18.2 Å². The monoisotopic (exact) mass is 442 g/mol. The van der Waals surface area contributed by atoms with E-state index in [0.717, 1.165) is 5.56 Å². The number of carbonyl (C=O) groups excluding carboxylic acids is 1. The maximum atomic E-state index is 12.8. The van der Waals surface area contributed by atoms with Gasteiger partial charge >= 0.3 is 5.97 Å². The van der Waals surface area contributed by atoms with Crippen molar-refractivity contribution in [2.24, 2.45) is 0 Å². The lowest BCUT2D eigenvalue weighted by molar-refractivity contribution is 0.0466. The van der Waals surface area contributed by atoms with E-state index in [1.807, 2.05) is 30.3 Å². The summed E-state index contributed by atoms with van der Waals surface area (Å²) in [6.07, 6.45) is 0. The topological polar surface area (TPSA) is 98.9 Å². The predicted octanol–water partition coefficient (Wildman–Crippen LogP) is 3.03. The Morgan fingerprint density at radius 3 is 2.58 bits per heavy atom. The second kappa shape index (κ2) is 9.01. The Morgan fingerprint density at radius 2 is 1.84 bits per heavy atom. The van der Waals surface area contributed by atoms with E-state index >= 15 is 0 Å². The number of esters is 1. The first-order valence-electron chi connectivity index (χ1n) is 9.82. The standard InChI is InChI=1S/C22H22N2O6S/c1-16-20(23-21(30-16)17-6-3-2-4-7-17)15-29-22(25)18-8-5-9-19(14-18)31(26,27)24-10-12-28-13-11-24/h2-9,14H,10-13,15H2,1H3. The number of carbonyl (C=O) groups is 1. The van der Waals surface area contributed by atoms with Crippen LogP contribution in [0.4, 0.5) is 0 Å². The normalized spacial score (nSPS) is 15.0. The summed E-state index contributed by atoms with van der Waals surface area (Å²) in [5.41, 5.74) is 1.48. The van der Waals surface area contributed by atoms with Crippen molar-refractivity contribution in [3.8, 4) is 11.5 Å². The van der Waals surface area contributed by atoms with Gasteiger partial charge in [-0.15, -0.1) is 0 Å². The molecule has 8 nitrogen and oxygen atoms in total.